The normalized spacial score (nSPS) is 12.5. The first-order chi connectivity index (χ1) is 8.61. The van der Waals surface area contributed by atoms with Gasteiger partial charge in [0.2, 0.25) is 5.88 Å². The number of hydrogen-bond donors (Lipinski definition) is 2. The Bertz CT molecular complexity index is 345. The van der Waals surface area contributed by atoms with Gasteiger partial charge in [0, 0.05) is 13.2 Å². The average Bonchev–Trinajstić information content (AvgIpc) is 2.35. The summed E-state index contributed by atoms with van der Waals surface area (Å²) in [5.74, 6) is 2.12. The lowest BCUT2D eigenvalue weighted by Gasteiger charge is -2.12. The van der Waals surface area contributed by atoms with E-state index in [2.05, 4.69) is 36.1 Å². The van der Waals surface area contributed by atoms with E-state index in [0.29, 0.717) is 30.1 Å². The molecule has 1 aromatic heterocycles. The fourth-order valence-corrected chi connectivity index (χ4v) is 1.36. The topological polar surface area (TPSA) is 67.3 Å². The van der Waals surface area contributed by atoms with E-state index in [9.17, 15) is 0 Å². The minimum absolute atomic E-state index is 0.214. The maximum Gasteiger partial charge on any atom is 0.234 e. The predicted octanol–water partition coefficient (Wildman–Crippen LogP) is 1.94. The number of hydrogen-bond acceptors (Lipinski definition) is 5. The molecule has 0 bridgehead atoms. The van der Waals surface area contributed by atoms with Crippen LogP contribution in [-0.4, -0.2) is 34.8 Å². The summed E-state index contributed by atoms with van der Waals surface area (Å²) < 4.78 is 5.51. The molecule has 2 N–H and O–H groups in total. The van der Waals surface area contributed by atoms with E-state index in [-0.39, 0.29) is 6.61 Å². The van der Waals surface area contributed by atoms with E-state index < -0.39 is 0 Å². The molecule has 0 saturated carbocycles. The second-order valence-electron chi connectivity index (χ2n) is 4.95. The quantitative estimate of drug-likeness (QED) is 0.741. The molecular weight excluding hydrogens is 230 g/mol. The lowest BCUT2D eigenvalue weighted by atomic mass is 10.1. The molecule has 102 valence electrons. The number of rotatable bonds is 8. The molecule has 0 aliphatic rings. The largest absolute Gasteiger partial charge is 0.476 e. The summed E-state index contributed by atoms with van der Waals surface area (Å²) >= 11 is 0. The van der Waals surface area contributed by atoms with Gasteiger partial charge in [0.15, 0.2) is 0 Å². The first-order valence-electron chi connectivity index (χ1n) is 6.41. The molecule has 1 aromatic rings. The van der Waals surface area contributed by atoms with E-state index in [1.165, 1.54) is 0 Å². The molecule has 1 atom stereocenters. The highest BCUT2D eigenvalue weighted by Crippen LogP contribution is 2.11. The van der Waals surface area contributed by atoms with Gasteiger partial charge in [-0.1, -0.05) is 20.8 Å². The number of aliphatic hydroxyl groups excluding tert-OH is 1. The zero-order valence-corrected chi connectivity index (χ0v) is 11.4. The van der Waals surface area contributed by atoms with Crippen molar-refractivity contribution in [1.29, 1.82) is 0 Å². The molecular formula is C13H23N3O2. The van der Waals surface area contributed by atoms with Crippen LogP contribution in [0.1, 0.15) is 27.2 Å². The number of aliphatic hydroxyl groups is 1. The predicted molar refractivity (Wildman–Crippen MR) is 71.7 cm³/mol. The van der Waals surface area contributed by atoms with Crippen molar-refractivity contribution in [2.75, 3.05) is 25.1 Å². The van der Waals surface area contributed by atoms with Gasteiger partial charge in [-0.05, 0) is 18.3 Å². The minimum atomic E-state index is 0.214. The maximum atomic E-state index is 8.82. The van der Waals surface area contributed by atoms with Crippen molar-refractivity contribution < 1.29 is 9.84 Å². The average molecular weight is 253 g/mol. The van der Waals surface area contributed by atoms with Crippen LogP contribution in [0.3, 0.4) is 0 Å². The van der Waals surface area contributed by atoms with Crippen LogP contribution in [-0.2, 0) is 0 Å². The van der Waals surface area contributed by atoms with Gasteiger partial charge in [0.1, 0.15) is 5.82 Å². The Morgan fingerprint density at radius 3 is 2.78 bits per heavy atom. The molecule has 18 heavy (non-hydrogen) atoms. The van der Waals surface area contributed by atoms with Gasteiger partial charge in [-0.15, -0.1) is 0 Å². The first-order valence-corrected chi connectivity index (χ1v) is 6.41. The zero-order chi connectivity index (χ0) is 13.4. The summed E-state index contributed by atoms with van der Waals surface area (Å²) in [6.45, 7) is 7.88. The number of nitrogens with zero attached hydrogens (tertiary/aromatic N) is 2. The van der Waals surface area contributed by atoms with Crippen LogP contribution in [0, 0.1) is 11.8 Å². The Hall–Kier alpha value is -1.36. The Kier molecular flexibility index (Phi) is 6.43. The molecule has 5 nitrogen and oxygen atoms in total. The van der Waals surface area contributed by atoms with Crippen LogP contribution in [0.5, 0.6) is 5.88 Å². The van der Waals surface area contributed by atoms with Crippen molar-refractivity contribution in [1.82, 2.24) is 9.97 Å². The molecule has 0 saturated heterocycles. The molecule has 0 fully saturated rings. The highest BCUT2D eigenvalue weighted by molar-refractivity contribution is 5.33. The third kappa shape index (κ3) is 5.82. The van der Waals surface area contributed by atoms with E-state index in [1.807, 2.05) is 0 Å². The molecule has 0 spiro atoms. The summed E-state index contributed by atoms with van der Waals surface area (Å²) in [5.41, 5.74) is 0. The smallest absolute Gasteiger partial charge is 0.234 e. The standard InChI is InChI=1S/C13H23N3O2/c1-10(2)9-18-13-8-14-7-12(16-13)15-6-11(3)4-5-17/h7-8,10-11,17H,4-6,9H2,1-3H3,(H,15,16)/t11-/m1/s1. The van der Waals surface area contributed by atoms with Gasteiger partial charge in [-0.2, -0.15) is 4.98 Å². The van der Waals surface area contributed by atoms with Crippen LogP contribution in [0.15, 0.2) is 12.4 Å². The molecule has 0 aromatic carbocycles. The molecule has 0 amide bonds. The first kappa shape index (κ1) is 14.7. The van der Waals surface area contributed by atoms with Crippen LogP contribution in [0.25, 0.3) is 0 Å². The molecule has 1 rings (SSSR count). The van der Waals surface area contributed by atoms with Crippen molar-refractivity contribution in [2.45, 2.75) is 27.2 Å². The van der Waals surface area contributed by atoms with Crippen LogP contribution < -0.4 is 10.1 Å². The fourth-order valence-electron chi connectivity index (χ4n) is 1.36. The zero-order valence-electron chi connectivity index (χ0n) is 11.4. The third-order valence-electron chi connectivity index (χ3n) is 2.43. The summed E-state index contributed by atoms with van der Waals surface area (Å²) in [4.78, 5) is 8.41. The molecule has 0 unspecified atom stereocenters. The van der Waals surface area contributed by atoms with E-state index >= 15 is 0 Å². The monoisotopic (exact) mass is 253 g/mol. The van der Waals surface area contributed by atoms with Crippen molar-refractivity contribution in [3.63, 3.8) is 0 Å². The molecule has 0 radical (unpaired) electrons. The van der Waals surface area contributed by atoms with Crippen molar-refractivity contribution in [3.05, 3.63) is 12.4 Å². The summed E-state index contributed by atoms with van der Waals surface area (Å²) in [6.07, 6.45) is 4.07. The maximum absolute atomic E-state index is 8.82. The molecule has 0 aliphatic heterocycles. The minimum Gasteiger partial charge on any atom is -0.476 e. The summed E-state index contributed by atoms with van der Waals surface area (Å²) in [6, 6.07) is 0. The van der Waals surface area contributed by atoms with Crippen LogP contribution in [0.2, 0.25) is 0 Å². The molecule has 1 heterocycles. The number of nitrogens with one attached hydrogen (secondary N) is 1. The Balaban J connectivity index is 2.43. The lowest BCUT2D eigenvalue weighted by molar-refractivity contribution is 0.260. The van der Waals surface area contributed by atoms with Gasteiger partial charge in [0.25, 0.3) is 0 Å². The van der Waals surface area contributed by atoms with Crippen molar-refractivity contribution >= 4 is 5.82 Å². The Labute approximate surface area is 109 Å². The number of anilines is 1. The Morgan fingerprint density at radius 2 is 2.11 bits per heavy atom. The van der Waals surface area contributed by atoms with Crippen molar-refractivity contribution in [3.8, 4) is 5.88 Å². The second kappa shape index (κ2) is 7.87. The Morgan fingerprint density at radius 1 is 1.33 bits per heavy atom. The second-order valence-corrected chi connectivity index (χ2v) is 4.95. The van der Waals surface area contributed by atoms with Gasteiger partial charge < -0.3 is 15.2 Å². The highest BCUT2D eigenvalue weighted by atomic mass is 16.5. The highest BCUT2D eigenvalue weighted by Gasteiger charge is 2.04. The van der Waals surface area contributed by atoms with Gasteiger partial charge in [-0.3, -0.25) is 4.98 Å². The third-order valence-corrected chi connectivity index (χ3v) is 2.43. The van der Waals surface area contributed by atoms with E-state index in [4.69, 9.17) is 9.84 Å². The number of ether oxygens (including phenoxy) is 1. The van der Waals surface area contributed by atoms with E-state index in [1.54, 1.807) is 12.4 Å². The van der Waals surface area contributed by atoms with Crippen LogP contribution in [0.4, 0.5) is 5.82 Å². The lowest BCUT2D eigenvalue weighted by Crippen LogP contribution is -2.14. The van der Waals surface area contributed by atoms with Crippen molar-refractivity contribution in [2.24, 2.45) is 11.8 Å². The summed E-state index contributed by atoms with van der Waals surface area (Å²) in [5, 5.41) is 12.0. The SMILES string of the molecule is CC(C)COc1cncc(NC[C@H](C)CCO)n1. The summed E-state index contributed by atoms with van der Waals surface area (Å²) in [7, 11) is 0. The van der Waals surface area contributed by atoms with Gasteiger partial charge >= 0.3 is 0 Å². The van der Waals surface area contributed by atoms with E-state index in [0.717, 1.165) is 13.0 Å². The number of aromatic nitrogens is 2. The fraction of sp³-hybridized carbons (Fsp3) is 0.692. The molecule has 0 aliphatic carbocycles. The molecule has 5 heteroatoms. The van der Waals surface area contributed by atoms with Gasteiger partial charge in [0.05, 0.1) is 19.0 Å². The van der Waals surface area contributed by atoms with Gasteiger partial charge in [-0.25, -0.2) is 0 Å². The van der Waals surface area contributed by atoms with Crippen LogP contribution >= 0.6 is 0 Å².